The number of aliphatic carboxylic acids is 1. The Kier molecular flexibility index (Phi) is 7.31. The molecule has 7 nitrogen and oxygen atoms in total. The van der Waals surface area contributed by atoms with Crippen molar-refractivity contribution in [2.75, 3.05) is 6.54 Å². The molecule has 1 unspecified atom stereocenters. The van der Waals surface area contributed by atoms with Crippen LogP contribution in [0.5, 0.6) is 0 Å². The van der Waals surface area contributed by atoms with Gasteiger partial charge in [0.05, 0.1) is 28.2 Å². The highest BCUT2D eigenvalue weighted by atomic mass is 35.5. The molecule has 0 saturated carbocycles. The van der Waals surface area contributed by atoms with Crippen LogP contribution in [0.2, 0.25) is 10.0 Å². The van der Waals surface area contributed by atoms with Gasteiger partial charge in [0.15, 0.2) is 0 Å². The number of rotatable bonds is 6. The zero-order chi connectivity index (χ0) is 23.5. The van der Waals surface area contributed by atoms with Gasteiger partial charge in [-0.3, -0.25) is 4.79 Å². The van der Waals surface area contributed by atoms with Gasteiger partial charge in [-0.2, -0.15) is 0 Å². The lowest BCUT2D eigenvalue weighted by Gasteiger charge is -2.37. The van der Waals surface area contributed by atoms with E-state index in [1.165, 1.54) is 17.7 Å². The Hall–Kier alpha value is -2.77. The molecule has 0 aliphatic heterocycles. The van der Waals surface area contributed by atoms with Crippen LogP contribution in [0.25, 0.3) is 0 Å². The second-order valence-electron chi connectivity index (χ2n) is 8.38. The first-order valence-corrected chi connectivity index (χ1v) is 11.0. The van der Waals surface area contributed by atoms with E-state index in [-0.39, 0.29) is 33.6 Å². The summed E-state index contributed by atoms with van der Waals surface area (Å²) in [7, 11) is 0. The largest absolute Gasteiger partial charge is 0.480 e. The number of amides is 3. The maximum atomic E-state index is 12.5. The Morgan fingerprint density at radius 2 is 1.75 bits per heavy atom. The average molecular weight is 478 g/mol. The minimum atomic E-state index is -1.36. The smallest absolute Gasteiger partial charge is 0.328 e. The second-order valence-corrected chi connectivity index (χ2v) is 9.19. The predicted octanol–water partition coefficient (Wildman–Crippen LogP) is 4.29. The van der Waals surface area contributed by atoms with E-state index in [4.69, 9.17) is 23.2 Å². The fourth-order valence-electron chi connectivity index (χ4n) is 3.91. The molecule has 3 rings (SSSR count). The summed E-state index contributed by atoms with van der Waals surface area (Å²) in [6.07, 6.45) is 1.67. The molecule has 0 fully saturated rings. The van der Waals surface area contributed by atoms with Crippen molar-refractivity contribution in [2.24, 2.45) is 0 Å². The molecule has 2 aromatic carbocycles. The Labute approximate surface area is 196 Å². The number of nitrogens with one attached hydrogen (secondary N) is 3. The minimum Gasteiger partial charge on any atom is -0.480 e. The zero-order valence-electron chi connectivity index (χ0n) is 17.7. The van der Waals surface area contributed by atoms with Gasteiger partial charge in [0.25, 0.3) is 5.91 Å². The fraction of sp³-hybridized carbons (Fsp3) is 0.348. The first-order chi connectivity index (χ1) is 15.1. The van der Waals surface area contributed by atoms with Crippen LogP contribution in [0.4, 0.5) is 4.79 Å². The van der Waals surface area contributed by atoms with E-state index in [1.807, 2.05) is 18.2 Å². The molecule has 9 heteroatoms. The molecule has 1 aliphatic carbocycles. The lowest BCUT2D eigenvalue weighted by molar-refractivity contribution is -0.139. The number of carboxylic acid groups (broad SMARTS) is 1. The van der Waals surface area contributed by atoms with Gasteiger partial charge in [-0.1, -0.05) is 67.4 Å². The van der Waals surface area contributed by atoms with Crippen LogP contribution in [0.1, 0.15) is 54.2 Å². The number of carbonyl (C=O) groups excluding carboxylic acids is 2. The molecule has 3 amide bonds. The third kappa shape index (κ3) is 5.34. The maximum Gasteiger partial charge on any atom is 0.328 e. The molecule has 0 heterocycles. The molecular weight excluding hydrogens is 453 g/mol. The van der Waals surface area contributed by atoms with E-state index >= 15 is 0 Å². The van der Waals surface area contributed by atoms with Crippen LogP contribution in [0, 0.1) is 0 Å². The molecule has 170 valence electrons. The van der Waals surface area contributed by atoms with Crippen LogP contribution < -0.4 is 16.0 Å². The third-order valence-corrected chi connectivity index (χ3v) is 6.32. The summed E-state index contributed by atoms with van der Waals surface area (Å²) in [4.78, 5) is 36.6. The fourth-order valence-corrected chi connectivity index (χ4v) is 4.48. The Morgan fingerprint density at radius 3 is 2.41 bits per heavy atom. The van der Waals surface area contributed by atoms with Crippen LogP contribution in [0.3, 0.4) is 0 Å². The number of urea groups is 1. The molecule has 0 saturated heterocycles. The van der Waals surface area contributed by atoms with E-state index in [9.17, 15) is 19.5 Å². The van der Waals surface area contributed by atoms with E-state index in [0.29, 0.717) is 0 Å². The highest BCUT2D eigenvalue weighted by molar-refractivity contribution is 6.39. The van der Waals surface area contributed by atoms with Crippen LogP contribution >= 0.6 is 23.2 Å². The Bertz CT molecular complexity index is 1020. The van der Waals surface area contributed by atoms with Crippen molar-refractivity contribution in [3.05, 3.63) is 69.2 Å². The Balaban J connectivity index is 1.62. The van der Waals surface area contributed by atoms with Gasteiger partial charge in [0.1, 0.15) is 6.04 Å². The van der Waals surface area contributed by atoms with E-state index in [2.05, 4.69) is 35.9 Å². The average Bonchev–Trinajstić information content (AvgIpc) is 2.73. The number of benzene rings is 2. The number of fused-ring (bicyclic) bond motifs is 1. The first-order valence-electron chi connectivity index (χ1n) is 10.2. The quantitative estimate of drug-likeness (QED) is 0.497. The van der Waals surface area contributed by atoms with E-state index in [1.54, 1.807) is 6.07 Å². The van der Waals surface area contributed by atoms with Gasteiger partial charge in [0.2, 0.25) is 0 Å². The third-order valence-electron chi connectivity index (χ3n) is 5.69. The van der Waals surface area contributed by atoms with Crippen molar-refractivity contribution in [1.82, 2.24) is 16.0 Å². The summed E-state index contributed by atoms with van der Waals surface area (Å²) in [5, 5.41) is 17.5. The number of carboxylic acids is 1. The van der Waals surface area contributed by atoms with Crippen molar-refractivity contribution < 1.29 is 19.5 Å². The van der Waals surface area contributed by atoms with Gasteiger partial charge in [-0.05, 0) is 41.5 Å². The SMILES string of the molecule is CC1(C)CCC(NC(=O)NC[C@H](NC(=O)c2c(Cl)cccc2Cl)C(=O)O)c2ccccc21. The maximum absolute atomic E-state index is 12.5. The number of carbonyl (C=O) groups is 3. The summed E-state index contributed by atoms with van der Waals surface area (Å²) in [5.41, 5.74) is 2.23. The summed E-state index contributed by atoms with van der Waals surface area (Å²) in [6, 6.07) is 10.5. The van der Waals surface area contributed by atoms with Gasteiger partial charge < -0.3 is 21.1 Å². The summed E-state index contributed by atoms with van der Waals surface area (Å²) in [5.74, 6) is -2.04. The molecule has 2 atom stereocenters. The summed E-state index contributed by atoms with van der Waals surface area (Å²) >= 11 is 12.0. The molecular formula is C23H25Cl2N3O4. The van der Waals surface area contributed by atoms with Gasteiger partial charge in [-0.25, -0.2) is 9.59 Å². The van der Waals surface area contributed by atoms with Gasteiger partial charge in [0, 0.05) is 0 Å². The van der Waals surface area contributed by atoms with E-state index in [0.717, 1.165) is 18.4 Å². The molecule has 2 aromatic rings. The van der Waals surface area contributed by atoms with Crippen molar-refractivity contribution >= 4 is 41.1 Å². The van der Waals surface area contributed by atoms with Crippen LogP contribution in [0.15, 0.2) is 42.5 Å². The molecule has 1 aliphatic rings. The highest BCUT2D eigenvalue weighted by Gasteiger charge is 2.33. The van der Waals surface area contributed by atoms with Gasteiger partial charge in [-0.15, -0.1) is 0 Å². The minimum absolute atomic E-state index is 0.0178. The number of halogens is 2. The molecule has 32 heavy (non-hydrogen) atoms. The van der Waals surface area contributed by atoms with Crippen molar-refractivity contribution in [2.45, 2.75) is 44.2 Å². The summed E-state index contributed by atoms with van der Waals surface area (Å²) < 4.78 is 0. The molecule has 0 aromatic heterocycles. The van der Waals surface area contributed by atoms with Crippen molar-refractivity contribution in [3.63, 3.8) is 0 Å². The van der Waals surface area contributed by atoms with Crippen LogP contribution in [-0.2, 0) is 10.2 Å². The molecule has 0 bridgehead atoms. The monoisotopic (exact) mass is 477 g/mol. The standard InChI is InChI=1S/C23H25Cl2N3O4/c1-23(2)11-10-17(13-6-3-4-7-14(13)23)28-22(32)26-12-18(21(30)31)27-20(29)19-15(24)8-5-9-16(19)25/h3-9,17-18H,10-12H2,1-2H3,(H,27,29)(H,30,31)(H2,26,28,32)/t17?,18-/m0/s1. The molecule has 0 spiro atoms. The predicted molar refractivity (Wildman–Crippen MR) is 123 cm³/mol. The second kappa shape index (κ2) is 9.79. The first kappa shape index (κ1) is 23.9. The van der Waals surface area contributed by atoms with E-state index < -0.39 is 23.9 Å². The highest BCUT2D eigenvalue weighted by Crippen LogP contribution is 2.41. The number of hydrogen-bond donors (Lipinski definition) is 4. The molecule has 4 N–H and O–H groups in total. The lowest BCUT2D eigenvalue weighted by Crippen LogP contribution is -2.51. The summed E-state index contributed by atoms with van der Waals surface area (Å²) in [6.45, 7) is 4.04. The number of hydrogen-bond acceptors (Lipinski definition) is 3. The lowest BCUT2D eigenvalue weighted by atomic mass is 9.71. The normalized spacial score (nSPS) is 17.6. The van der Waals surface area contributed by atoms with Crippen LogP contribution in [-0.4, -0.2) is 35.6 Å². The molecule has 0 radical (unpaired) electrons. The van der Waals surface area contributed by atoms with Gasteiger partial charge >= 0.3 is 12.0 Å². The topological polar surface area (TPSA) is 108 Å². The Morgan fingerprint density at radius 1 is 1.09 bits per heavy atom. The van der Waals surface area contributed by atoms with Crippen molar-refractivity contribution in [3.8, 4) is 0 Å². The van der Waals surface area contributed by atoms with Crippen molar-refractivity contribution in [1.29, 1.82) is 0 Å². The zero-order valence-corrected chi connectivity index (χ0v) is 19.3.